The number of benzene rings is 1. The summed E-state index contributed by atoms with van der Waals surface area (Å²) in [5.74, 6) is 0.439. The van der Waals surface area contributed by atoms with E-state index in [2.05, 4.69) is 15.1 Å². The van der Waals surface area contributed by atoms with E-state index in [1.54, 1.807) is 31.6 Å². The average molecular weight is 370 g/mol. The number of nitrogens with zero attached hydrogens (tertiary/aromatic N) is 4. The molecule has 1 N–H and O–H groups in total. The van der Waals surface area contributed by atoms with Gasteiger partial charge >= 0.3 is 0 Å². The molecule has 0 aliphatic carbocycles. The van der Waals surface area contributed by atoms with Crippen LogP contribution >= 0.6 is 11.8 Å². The van der Waals surface area contributed by atoms with E-state index >= 15 is 0 Å². The van der Waals surface area contributed by atoms with Crippen molar-refractivity contribution in [1.29, 1.82) is 0 Å². The standard InChI is InChI=1S/C18H15FN4O2S/c1-18(24,10-26-15-4-2-3-13(19)8-15)17-21-16(22-25-17)12-5-6-23-11-20-9-14(23)7-12/h2-9,11,24H,10H2,1H3. The molecule has 0 radical (unpaired) electrons. The van der Waals surface area contributed by atoms with Crippen LogP contribution in [0.3, 0.4) is 0 Å². The van der Waals surface area contributed by atoms with E-state index in [4.69, 9.17) is 4.52 Å². The Morgan fingerprint density at radius 3 is 3.04 bits per heavy atom. The molecule has 1 aromatic carbocycles. The third-order valence-electron chi connectivity index (χ3n) is 3.88. The molecule has 4 rings (SSSR count). The lowest BCUT2D eigenvalue weighted by Crippen LogP contribution is -2.24. The van der Waals surface area contributed by atoms with Crippen molar-refractivity contribution in [2.75, 3.05) is 5.75 Å². The Morgan fingerprint density at radius 2 is 2.19 bits per heavy atom. The Labute approximate surface area is 152 Å². The van der Waals surface area contributed by atoms with E-state index in [0.29, 0.717) is 5.82 Å². The van der Waals surface area contributed by atoms with Crippen LogP contribution in [-0.2, 0) is 5.60 Å². The molecule has 0 aliphatic rings. The van der Waals surface area contributed by atoms with Gasteiger partial charge in [-0.15, -0.1) is 11.8 Å². The first-order valence-corrected chi connectivity index (χ1v) is 8.87. The Kier molecular flexibility index (Phi) is 4.21. The van der Waals surface area contributed by atoms with Crippen molar-refractivity contribution >= 4 is 17.3 Å². The Bertz CT molecular complexity index is 1060. The first-order valence-electron chi connectivity index (χ1n) is 7.88. The van der Waals surface area contributed by atoms with Crippen LogP contribution in [0.15, 0.2) is 64.5 Å². The van der Waals surface area contributed by atoms with Crippen molar-refractivity contribution < 1.29 is 14.0 Å². The average Bonchev–Trinajstić information content (AvgIpc) is 3.29. The quantitative estimate of drug-likeness (QED) is 0.542. The van der Waals surface area contributed by atoms with E-state index < -0.39 is 5.60 Å². The molecule has 8 heteroatoms. The van der Waals surface area contributed by atoms with Gasteiger partial charge < -0.3 is 14.0 Å². The van der Waals surface area contributed by atoms with Crippen molar-refractivity contribution in [3.05, 3.63) is 66.8 Å². The molecule has 0 saturated carbocycles. The lowest BCUT2D eigenvalue weighted by molar-refractivity contribution is 0.0469. The van der Waals surface area contributed by atoms with Crippen molar-refractivity contribution in [2.45, 2.75) is 17.4 Å². The largest absolute Gasteiger partial charge is 0.379 e. The zero-order valence-corrected chi connectivity index (χ0v) is 14.7. The summed E-state index contributed by atoms with van der Waals surface area (Å²) in [6.07, 6.45) is 5.29. The lowest BCUT2D eigenvalue weighted by Gasteiger charge is -2.17. The topological polar surface area (TPSA) is 76.5 Å². The van der Waals surface area contributed by atoms with Gasteiger partial charge in [0.05, 0.1) is 18.0 Å². The maximum atomic E-state index is 13.3. The van der Waals surface area contributed by atoms with Crippen LogP contribution in [0.1, 0.15) is 12.8 Å². The van der Waals surface area contributed by atoms with Gasteiger partial charge in [-0.05, 0) is 37.3 Å². The number of hydrogen-bond donors (Lipinski definition) is 1. The molecule has 0 bridgehead atoms. The Hall–Kier alpha value is -2.71. The van der Waals surface area contributed by atoms with Crippen molar-refractivity contribution in [2.24, 2.45) is 0 Å². The van der Waals surface area contributed by atoms with Gasteiger partial charge in [-0.25, -0.2) is 9.37 Å². The fourth-order valence-electron chi connectivity index (χ4n) is 2.46. The molecule has 0 saturated heterocycles. The fraction of sp³-hybridized carbons (Fsp3) is 0.167. The summed E-state index contributed by atoms with van der Waals surface area (Å²) < 4.78 is 20.4. The zero-order chi connectivity index (χ0) is 18.1. The lowest BCUT2D eigenvalue weighted by atomic mass is 10.1. The van der Waals surface area contributed by atoms with Crippen molar-refractivity contribution in [1.82, 2.24) is 19.5 Å². The molecular weight excluding hydrogens is 355 g/mol. The van der Waals surface area contributed by atoms with Crippen LogP contribution in [-0.4, -0.2) is 30.4 Å². The van der Waals surface area contributed by atoms with E-state index in [1.807, 2.05) is 22.7 Å². The molecule has 1 atom stereocenters. The maximum Gasteiger partial charge on any atom is 0.259 e. The van der Waals surface area contributed by atoms with E-state index in [0.717, 1.165) is 16.0 Å². The zero-order valence-electron chi connectivity index (χ0n) is 13.8. The van der Waals surface area contributed by atoms with E-state index in [-0.39, 0.29) is 17.5 Å². The van der Waals surface area contributed by atoms with Gasteiger partial charge in [-0.1, -0.05) is 11.2 Å². The summed E-state index contributed by atoms with van der Waals surface area (Å²) >= 11 is 1.32. The number of hydrogen-bond acceptors (Lipinski definition) is 6. The second kappa shape index (κ2) is 6.54. The molecule has 0 fully saturated rings. The van der Waals surface area contributed by atoms with Crippen LogP contribution in [0.2, 0.25) is 0 Å². The van der Waals surface area contributed by atoms with Gasteiger partial charge in [0.1, 0.15) is 11.4 Å². The number of aliphatic hydroxyl groups is 1. The first kappa shape index (κ1) is 16.7. The van der Waals surface area contributed by atoms with Crippen LogP contribution in [0.25, 0.3) is 16.9 Å². The molecule has 132 valence electrons. The van der Waals surface area contributed by atoms with Gasteiger partial charge in [0.15, 0.2) is 0 Å². The highest BCUT2D eigenvalue weighted by atomic mass is 32.2. The minimum absolute atomic E-state index is 0.116. The summed E-state index contributed by atoms with van der Waals surface area (Å²) in [6.45, 7) is 1.59. The normalized spacial score (nSPS) is 13.8. The number of aromatic nitrogens is 4. The molecule has 4 aromatic rings. The first-order chi connectivity index (χ1) is 12.5. The summed E-state index contributed by atoms with van der Waals surface area (Å²) in [6, 6.07) is 9.94. The smallest absolute Gasteiger partial charge is 0.259 e. The van der Waals surface area contributed by atoms with E-state index in [1.165, 1.54) is 23.9 Å². The monoisotopic (exact) mass is 370 g/mol. The van der Waals surface area contributed by atoms with Crippen LogP contribution < -0.4 is 0 Å². The van der Waals surface area contributed by atoms with Gasteiger partial charge in [0, 0.05) is 22.4 Å². The molecule has 0 amide bonds. The molecular formula is C18H15FN4O2S. The summed E-state index contributed by atoms with van der Waals surface area (Å²) in [7, 11) is 0. The van der Waals surface area contributed by atoms with Crippen LogP contribution in [0.4, 0.5) is 4.39 Å². The van der Waals surface area contributed by atoms with Crippen LogP contribution in [0.5, 0.6) is 0 Å². The molecule has 3 heterocycles. The molecule has 3 aromatic heterocycles. The fourth-order valence-corrected chi connectivity index (χ4v) is 3.40. The van der Waals surface area contributed by atoms with Gasteiger partial charge in [-0.3, -0.25) is 0 Å². The third kappa shape index (κ3) is 3.33. The minimum Gasteiger partial charge on any atom is -0.379 e. The van der Waals surface area contributed by atoms with Crippen LogP contribution in [0, 0.1) is 5.82 Å². The molecule has 26 heavy (non-hydrogen) atoms. The van der Waals surface area contributed by atoms with E-state index in [9.17, 15) is 9.50 Å². The number of fused-ring (bicyclic) bond motifs is 1. The van der Waals surface area contributed by atoms with Crippen molar-refractivity contribution in [3.63, 3.8) is 0 Å². The van der Waals surface area contributed by atoms with Crippen molar-refractivity contribution in [3.8, 4) is 11.4 Å². The van der Waals surface area contributed by atoms with Gasteiger partial charge in [0.25, 0.3) is 5.89 Å². The second-order valence-electron chi connectivity index (χ2n) is 6.08. The highest BCUT2D eigenvalue weighted by molar-refractivity contribution is 7.99. The highest BCUT2D eigenvalue weighted by Gasteiger charge is 2.30. The minimum atomic E-state index is -1.34. The predicted molar refractivity (Wildman–Crippen MR) is 95.2 cm³/mol. The Morgan fingerprint density at radius 1 is 1.31 bits per heavy atom. The highest BCUT2D eigenvalue weighted by Crippen LogP contribution is 2.30. The second-order valence-corrected chi connectivity index (χ2v) is 7.13. The molecule has 0 aliphatic heterocycles. The number of halogens is 1. The predicted octanol–water partition coefficient (Wildman–Crippen LogP) is 3.52. The number of pyridine rings is 1. The summed E-state index contributed by atoms with van der Waals surface area (Å²) in [4.78, 5) is 9.12. The number of imidazole rings is 1. The van der Waals surface area contributed by atoms with Gasteiger partial charge in [-0.2, -0.15) is 4.98 Å². The number of thioether (sulfide) groups is 1. The maximum absolute atomic E-state index is 13.3. The molecule has 6 nitrogen and oxygen atoms in total. The molecule has 1 unspecified atom stereocenters. The molecule has 0 spiro atoms. The van der Waals surface area contributed by atoms with Gasteiger partial charge in [0.2, 0.25) is 5.82 Å². The SMILES string of the molecule is CC(O)(CSc1cccc(F)c1)c1nc(-c2ccn3cncc3c2)no1. The third-order valence-corrected chi connectivity index (χ3v) is 5.17. The summed E-state index contributed by atoms with van der Waals surface area (Å²) in [5, 5.41) is 14.7. The summed E-state index contributed by atoms with van der Waals surface area (Å²) in [5.41, 5.74) is 0.326. The Balaban J connectivity index is 1.53. The number of rotatable bonds is 5.